The van der Waals surface area contributed by atoms with Crippen molar-refractivity contribution in [1.82, 2.24) is 25.8 Å². The highest BCUT2D eigenvalue weighted by atomic mass is 16.5. The number of carbonyl (C=O) groups is 2. The molecule has 2 N–H and O–H groups in total. The molecular weight excluding hydrogens is 462 g/mol. The fourth-order valence-corrected chi connectivity index (χ4v) is 3.78. The van der Waals surface area contributed by atoms with E-state index in [1.54, 1.807) is 13.2 Å². The van der Waals surface area contributed by atoms with Crippen LogP contribution < -0.4 is 20.1 Å². The summed E-state index contributed by atoms with van der Waals surface area (Å²) < 4.78 is 16.0. The molecule has 0 unspecified atom stereocenters. The smallest absolute Gasteiger partial charge is 0.270 e. The molecule has 0 spiro atoms. The molecule has 10 nitrogen and oxygen atoms in total. The van der Waals surface area contributed by atoms with Crippen molar-refractivity contribution in [2.24, 2.45) is 0 Å². The fraction of sp³-hybridized carbons (Fsp3) is 0.192. The zero-order valence-corrected chi connectivity index (χ0v) is 19.5. The number of benzene rings is 2. The molecule has 0 aliphatic carbocycles. The van der Waals surface area contributed by atoms with E-state index in [2.05, 4.69) is 25.8 Å². The summed E-state index contributed by atoms with van der Waals surface area (Å²) in [6, 6.07) is 16.3. The van der Waals surface area contributed by atoms with Crippen molar-refractivity contribution in [3.05, 3.63) is 89.2 Å². The molecule has 0 radical (unpaired) electrons. The maximum absolute atomic E-state index is 12.6. The molecule has 0 fully saturated rings. The number of carbonyl (C=O) groups excluding carboxylic acids is 2. The molecule has 4 aromatic rings. The van der Waals surface area contributed by atoms with Gasteiger partial charge in [0.15, 0.2) is 5.76 Å². The summed E-state index contributed by atoms with van der Waals surface area (Å²) >= 11 is 0. The summed E-state index contributed by atoms with van der Waals surface area (Å²) in [5.41, 5.74) is 3.75. The Morgan fingerprint density at radius 3 is 2.44 bits per heavy atom. The van der Waals surface area contributed by atoms with Crippen molar-refractivity contribution in [2.75, 3.05) is 13.7 Å². The minimum Gasteiger partial charge on any atom is -0.497 e. The minimum atomic E-state index is -0.465. The first-order valence-corrected chi connectivity index (χ1v) is 11.3. The Kier molecular flexibility index (Phi) is 6.57. The molecule has 2 aromatic carbocycles. The average molecular weight is 486 g/mol. The van der Waals surface area contributed by atoms with Crippen LogP contribution in [0, 0.1) is 0 Å². The van der Waals surface area contributed by atoms with E-state index in [-0.39, 0.29) is 17.9 Å². The van der Waals surface area contributed by atoms with E-state index < -0.39 is 11.8 Å². The van der Waals surface area contributed by atoms with Gasteiger partial charge in [-0.15, -0.1) is 0 Å². The predicted molar refractivity (Wildman–Crippen MR) is 129 cm³/mol. The highest BCUT2D eigenvalue weighted by Crippen LogP contribution is 2.26. The van der Waals surface area contributed by atoms with Gasteiger partial charge in [0.05, 0.1) is 20.3 Å². The summed E-state index contributed by atoms with van der Waals surface area (Å²) in [7, 11) is 1.60. The van der Waals surface area contributed by atoms with Crippen LogP contribution in [0.5, 0.6) is 11.5 Å². The van der Waals surface area contributed by atoms with Crippen LogP contribution in [0.15, 0.2) is 65.4 Å². The Bertz CT molecular complexity index is 1400. The third-order valence-corrected chi connectivity index (χ3v) is 5.71. The summed E-state index contributed by atoms with van der Waals surface area (Å²) in [5, 5.41) is 9.58. The first kappa shape index (κ1) is 23.0. The largest absolute Gasteiger partial charge is 0.497 e. The second-order valence-electron chi connectivity index (χ2n) is 8.10. The van der Waals surface area contributed by atoms with Crippen LogP contribution in [0.2, 0.25) is 0 Å². The second kappa shape index (κ2) is 10.3. The van der Waals surface area contributed by atoms with E-state index in [4.69, 9.17) is 14.0 Å². The van der Waals surface area contributed by atoms with E-state index in [0.717, 1.165) is 34.6 Å². The standard InChI is InChI=1S/C26H23N5O5/c1-34-19-5-3-17(4-6-19)21-11-20(36-31-21)14-28-26(33)23-12-22(29-15-30-23)25(32)27-13-16-2-7-24-18(10-16)8-9-35-24/h2-7,10-12,15H,8-9,13-14H2,1H3,(H,27,32)(H,28,33). The van der Waals surface area contributed by atoms with Gasteiger partial charge in [-0.25, -0.2) is 9.97 Å². The quantitative estimate of drug-likeness (QED) is 0.390. The second-order valence-corrected chi connectivity index (χ2v) is 8.10. The van der Waals surface area contributed by atoms with Crippen LogP contribution >= 0.6 is 0 Å². The van der Waals surface area contributed by atoms with Crippen molar-refractivity contribution >= 4 is 11.8 Å². The summed E-state index contributed by atoms with van der Waals surface area (Å²) in [6.07, 6.45) is 2.05. The predicted octanol–water partition coefficient (Wildman–Crippen LogP) is 2.94. The van der Waals surface area contributed by atoms with Gasteiger partial charge in [0, 0.05) is 30.7 Å². The molecule has 0 bridgehead atoms. The monoisotopic (exact) mass is 485 g/mol. The first-order chi connectivity index (χ1) is 17.6. The summed E-state index contributed by atoms with van der Waals surface area (Å²) in [5.74, 6) is 1.24. The van der Waals surface area contributed by atoms with Crippen molar-refractivity contribution in [3.63, 3.8) is 0 Å². The number of fused-ring (bicyclic) bond motifs is 1. The number of nitrogens with one attached hydrogen (secondary N) is 2. The SMILES string of the molecule is COc1ccc(-c2cc(CNC(=O)c3cc(C(=O)NCc4ccc5c(c4)CCO5)ncn3)on2)cc1. The maximum atomic E-state index is 12.6. The van der Waals surface area contributed by atoms with E-state index in [1.165, 1.54) is 12.4 Å². The van der Waals surface area contributed by atoms with Crippen molar-refractivity contribution < 1.29 is 23.6 Å². The molecule has 36 heavy (non-hydrogen) atoms. The van der Waals surface area contributed by atoms with Crippen LogP contribution in [0.4, 0.5) is 0 Å². The molecule has 0 atom stereocenters. The Balaban J connectivity index is 1.16. The van der Waals surface area contributed by atoms with Gasteiger partial charge in [-0.3, -0.25) is 9.59 Å². The Morgan fingerprint density at radius 2 is 1.69 bits per heavy atom. The number of hydrogen-bond acceptors (Lipinski definition) is 8. The minimum absolute atomic E-state index is 0.0692. The van der Waals surface area contributed by atoms with Crippen molar-refractivity contribution in [3.8, 4) is 22.8 Å². The van der Waals surface area contributed by atoms with Gasteiger partial charge >= 0.3 is 0 Å². The maximum Gasteiger partial charge on any atom is 0.270 e. The topological polar surface area (TPSA) is 128 Å². The summed E-state index contributed by atoms with van der Waals surface area (Å²) in [6.45, 7) is 1.12. The highest BCUT2D eigenvalue weighted by molar-refractivity contribution is 5.97. The zero-order chi connectivity index (χ0) is 24.9. The first-order valence-electron chi connectivity index (χ1n) is 11.3. The molecular formula is C26H23N5O5. The Hall–Kier alpha value is -4.73. The lowest BCUT2D eigenvalue weighted by molar-refractivity contribution is 0.0941. The molecule has 2 aromatic heterocycles. The normalized spacial score (nSPS) is 11.9. The van der Waals surface area contributed by atoms with Crippen LogP contribution in [0.1, 0.15) is 37.9 Å². The lowest BCUT2D eigenvalue weighted by atomic mass is 10.1. The highest BCUT2D eigenvalue weighted by Gasteiger charge is 2.16. The number of aromatic nitrogens is 3. The lowest BCUT2D eigenvalue weighted by Crippen LogP contribution is -2.27. The molecule has 0 saturated heterocycles. The van der Waals surface area contributed by atoms with E-state index in [9.17, 15) is 9.59 Å². The van der Waals surface area contributed by atoms with Gasteiger partial charge in [-0.05, 0) is 41.5 Å². The molecule has 5 rings (SSSR count). The van der Waals surface area contributed by atoms with Crippen LogP contribution in [-0.2, 0) is 19.5 Å². The van der Waals surface area contributed by atoms with Gasteiger partial charge in [0.25, 0.3) is 11.8 Å². The number of ether oxygens (including phenoxy) is 2. The molecule has 10 heteroatoms. The van der Waals surface area contributed by atoms with E-state index in [0.29, 0.717) is 24.6 Å². The van der Waals surface area contributed by atoms with E-state index in [1.807, 2.05) is 42.5 Å². The number of rotatable bonds is 8. The number of nitrogens with zero attached hydrogens (tertiary/aromatic N) is 3. The number of hydrogen-bond donors (Lipinski definition) is 2. The van der Waals surface area contributed by atoms with Crippen molar-refractivity contribution in [2.45, 2.75) is 19.5 Å². The fourth-order valence-electron chi connectivity index (χ4n) is 3.78. The lowest BCUT2D eigenvalue weighted by Gasteiger charge is -2.07. The molecule has 2 amide bonds. The third kappa shape index (κ3) is 5.17. The number of methoxy groups -OCH3 is 1. The van der Waals surface area contributed by atoms with Crippen LogP contribution in [0.25, 0.3) is 11.3 Å². The molecule has 1 aliphatic rings. The van der Waals surface area contributed by atoms with E-state index >= 15 is 0 Å². The third-order valence-electron chi connectivity index (χ3n) is 5.71. The average Bonchev–Trinajstić information content (AvgIpc) is 3.60. The molecule has 1 aliphatic heterocycles. The molecule has 3 heterocycles. The number of amides is 2. The van der Waals surface area contributed by atoms with Gasteiger partial charge in [0.1, 0.15) is 34.9 Å². The molecule has 182 valence electrons. The molecule has 0 saturated carbocycles. The van der Waals surface area contributed by atoms with Crippen LogP contribution in [0.3, 0.4) is 0 Å². The Labute approximate surface area is 206 Å². The van der Waals surface area contributed by atoms with Gasteiger partial charge < -0.3 is 24.6 Å². The van der Waals surface area contributed by atoms with Gasteiger partial charge in [-0.2, -0.15) is 0 Å². The summed E-state index contributed by atoms with van der Waals surface area (Å²) in [4.78, 5) is 33.2. The van der Waals surface area contributed by atoms with Gasteiger partial charge in [0.2, 0.25) is 0 Å². The Morgan fingerprint density at radius 1 is 0.944 bits per heavy atom. The van der Waals surface area contributed by atoms with Crippen molar-refractivity contribution in [1.29, 1.82) is 0 Å². The van der Waals surface area contributed by atoms with Crippen LogP contribution in [-0.4, -0.2) is 40.7 Å². The van der Waals surface area contributed by atoms with Gasteiger partial charge in [-0.1, -0.05) is 17.3 Å². The zero-order valence-electron chi connectivity index (χ0n) is 19.5.